The SMILES string of the molecule is Cc1ccc(NC(=O)C(C)N2CCN(Cc3cccs3)CC2)c(F)c1. The van der Waals surface area contributed by atoms with Crippen molar-refractivity contribution in [1.29, 1.82) is 0 Å². The van der Waals surface area contributed by atoms with Crippen molar-refractivity contribution in [2.45, 2.75) is 26.4 Å². The molecule has 1 aromatic heterocycles. The number of nitrogens with one attached hydrogen (secondary N) is 1. The fourth-order valence-corrected chi connectivity index (χ4v) is 3.80. The molecule has 6 heteroatoms. The van der Waals surface area contributed by atoms with Gasteiger partial charge >= 0.3 is 0 Å². The van der Waals surface area contributed by atoms with Crippen LogP contribution in [0.4, 0.5) is 10.1 Å². The second kappa shape index (κ2) is 8.08. The number of benzene rings is 1. The van der Waals surface area contributed by atoms with Crippen LogP contribution in [0, 0.1) is 12.7 Å². The molecule has 2 aromatic rings. The maximum Gasteiger partial charge on any atom is 0.241 e. The van der Waals surface area contributed by atoms with Crippen LogP contribution in [0.15, 0.2) is 35.7 Å². The summed E-state index contributed by atoms with van der Waals surface area (Å²) in [6.45, 7) is 8.25. The van der Waals surface area contributed by atoms with Gasteiger partial charge in [-0.2, -0.15) is 0 Å². The van der Waals surface area contributed by atoms with Crippen molar-refractivity contribution in [3.05, 3.63) is 52.0 Å². The van der Waals surface area contributed by atoms with Crippen LogP contribution in [-0.2, 0) is 11.3 Å². The largest absolute Gasteiger partial charge is 0.322 e. The lowest BCUT2D eigenvalue weighted by molar-refractivity contribution is -0.121. The molecule has 1 saturated heterocycles. The second-order valence-electron chi connectivity index (χ2n) is 6.54. The molecular weight excluding hydrogens is 337 g/mol. The molecule has 1 aliphatic heterocycles. The number of halogens is 1. The van der Waals surface area contributed by atoms with E-state index in [0.717, 1.165) is 38.3 Å². The zero-order valence-electron chi connectivity index (χ0n) is 14.7. The van der Waals surface area contributed by atoms with Gasteiger partial charge < -0.3 is 5.32 Å². The Bertz CT molecular complexity index is 711. The number of aryl methyl sites for hydroxylation is 1. The first-order valence-electron chi connectivity index (χ1n) is 8.59. The summed E-state index contributed by atoms with van der Waals surface area (Å²) in [6.07, 6.45) is 0. The molecule has 1 atom stereocenters. The van der Waals surface area contributed by atoms with Crippen LogP contribution in [0.3, 0.4) is 0 Å². The highest BCUT2D eigenvalue weighted by molar-refractivity contribution is 7.09. The average Bonchev–Trinajstić information content (AvgIpc) is 3.10. The van der Waals surface area contributed by atoms with E-state index in [0.29, 0.717) is 0 Å². The molecule has 1 aromatic carbocycles. The van der Waals surface area contributed by atoms with Crippen LogP contribution in [0.2, 0.25) is 0 Å². The fraction of sp³-hybridized carbons (Fsp3) is 0.421. The molecule has 0 spiro atoms. The highest BCUT2D eigenvalue weighted by Crippen LogP contribution is 2.18. The number of amides is 1. The number of nitrogens with zero attached hydrogens (tertiary/aromatic N) is 2. The smallest absolute Gasteiger partial charge is 0.241 e. The van der Waals surface area contributed by atoms with Gasteiger partial charge in [-0.25, -0.2) is 4.39 Å². The number of rotatable bonds is 5. The first-order valence-corrected chi connectivity index (χ1v) is 9.46. The van der Waals surface area contributed by atoms with Gasteiger partial charge in [0, 0.05) is 37.6 Å². The van der Waals surface area contributed by atoms with Crippen molar-refractivity contribution in [2.75, 3.05) is 31.5 Å². The Kier molecular flexibility index (Phi) is 5.83. The summed E-state index contributed by atoms with van der Waals surface area (Å²) in [5.41, 5.74) is 1.09. The maximum absolute atomic E-state index is 13.9. The van der Waals surface area contributed by atoms with Crippen LogP contribution in [-0.4, -0.2) is 47.9 Å². The van der Waals surface area contributed by atoms with Gasteiger partial charge in [-0.1, -0.05) is 12.1 Å². The van der Waals surface area contributed by atoms with E-state index in [1.165, 1.54) is 10.9 Å². The highest BCUT2D eigenvalue weighted by atomic mass is 32.1. The molecule has 1 unspecified atom stereocenters. The molecule has 0 radical (unpaired) electrons. The van der Waals surface area contributed by atoms with E-state index in [1.807, 2.05) is 13.8 Å². The molecule has 134 valence electrons. The third-order valence-electron chi connectivity index (χ3n) is 4.68. The van der Waals surface area contributed by atoms with Gasteiger partial charge in [-0.05, 0) is 43.0 Å². The summed E-state index contributed by atoms with van der Waals surface area (Å²) < 4.78 is 13.9. The van der Waals surface area contributed by atoms with E-state index in [1.54, 1.807) is 23.5 Å². The number of hydrogen-bond acceptors (Lipinski definition) is 4. The van der Waals surface area contributed by atoms with Gasteiger partial charge in [0.05, 0.1) is 11.7 Å². The lowest BCUT2D eigenvalue weighted by atomic mass is 10.2. The lowest BCUT2D eigenvalue weighted by Crippen LogP contribution is -2.52. The topological polar surface area (TPSA) is 35.6 Å². The normalized spacial score (nSPS) is 17.4. The molecule has 1 amide bonds. The number of thiophene rings is 1. The fourth-order valence-electron chi connectivity index (χ4n) is 3.06. The first kappa shape index (κ1) is 18.0. The minimum atomic E-state index is -0.388. The van der Waals surface area contributed by atoms with Gasteiger partial charge in [0.25, 0.3) is 0 Å². The van der Waals surface area contributed by atoms with E-state index >= 15 is 0 Å². The molecule has 0 bridgehead atoms. The summed E-state index contributed by atoms with van der Waals surface area (Å²) in [6, 6.07) is 8.81. The van der Waals surface area contributed by atoms with Gasteiger partial charge in [0.15, 0.2) is 0 Å². The standard InChI is InChI=1S/C19H24FN3OS/c1-14-5-6-18(17(20)12-14)21-19(24)15(2)23-9-7-22(8-10-23)13-16-4-3-11-25-16/h3-6,11-12,15H,7-10,13H2,1-2H3,(H,21,24). The third kappa shape index (κ3) is 4.66. The molecule has 3 rings (SSSR count). The van der Waals surface area contributed by atoms with E-state index in [-0.39, 0.29) is 23.5 Å². The van der Waals surface area contributed by atoms with Crippen LogP contribution < -0.4 is 5.32 Å². The Morgan fingerprint density at radius 1 is 1.28 bits per heavy atom. The van der Waals surface area contributed by atoms with Crippen LogP contribution in [0.5, 0.6) is 0 Å². The highest BCUT2D eigenvalue weighted by Gasteiger charge is 2.26. The summed E-state index contributed by atoms with van der Waals surface area (Å²) in [5.74, 6) is -0.546. The zero-order valence-corrected chi connectivity index (χ0v) is 15.5. The Labute approximate surface area is 152 Å². The van der Waals surface area contributed by atoms with Crippen LogP contribution in [0.25, 0.3) is 0 Å². The van der Waals surface area contributed by atoms with Crippen molar-refractivity contribution >= 4 is 22.9 Å². The molecule has 2 heterocycles. The second-order valence-corrected chi connectivity index (χ2v) is 7.57. The van der Waals surface area contributed by atoms with Crippen molar-refractivity contribution in [1.82, 2.24) is 9.80 Å². The lowest BCUT2D eigenvalue weighted by Gasteiger charge is -2.37. The predicted octanol–water partition coefficient (Wildman–Crippen LogP) is 3.34. The minimum absolute atomic E-state index is 0.158. The van der Waals surface area contributed by atoms with Gasteiger partial charge in [-0.3, -0.25) is 14.6 Å². The molecule has 1 fully saturated rings. The molecule has 1 N–H and O–H groups in total. The molecule has 25 heavy (non-hydrogen) atoms. The monoisotopic (exact) mass is 361 g/mol. The first-order chi connectivity index (χ1) is 12.0. The Morgan fingerprint density at radius 3 is 2.68 bits per heavy atom. The predicted molar refractivity (Wildman–Crippen MR) is 100 cm³/mol. The number of anilines is 1. The number of hydrogen-bond donors (Lipinski definition) is 1. The Balaban J connectivity index is 1.51. The van der Waals surface area contributed by atoms with Crippen molar-refractivity contribution in [2.24, 2.45) is 0 Å². The number of carbonyl (C=O) groups is 1. The average molecular weight is 361 g/mol. The van der Waals surface area contributed by atoms with Gasteiger partial charge in [0.2, 0.25) is 5.91 Å². The Hall–Kier alpha value is -1.76. The van der Waals surface area contributed by atoms with Crippen molar-refractivity contribution in [3.8, 4) is 0 Å². The molecule has 4 nitrogen and oxygen atoms in total. The molecule has 1 aliphatic rings. The summed E-state index contributed by atoms with van der Waals surface area (Å²) in [7, 11) is 0. The quantitative estimate of drug-likeness (QED) is 0.887. The van der Waals surface area contributed by atoms with Crippen molar-refractivity contribution < 1.29 is 9.18 Å². The van der Waals surface area contributed by atoms with E-state index in [2.05, 4.69) is 32.6 Å². The maximum atomic E-state index is 13.9. The number of carbonyl (C=O) groups excluding carboxylic acids is 1. The third-order valence-corrected chi connectivity index (χ3v) is 5.54. The van der Waals surface area contributed by atoms with Crippen LogP contribution >= 0.6 is 11.3 Å². The summed E-state index contributed by atoms with van der Waals surface area (Å²) >= 11 is 1.78. The zero-order chi connectivity index (χ0) is 17.8. The van der Waals surface area contributed by atoms with E-state index in [4.69, 9.17) is 0 Å². The van der Waals surface area contributed by atoms with E-state index in [9.17, 15) is 9.18 Å². The minimum Gasteiger partial charge on any atom is -0.322 e. The molecule has 0 saturated carbocycles. The Morgan fingerprint density at radius 2 is 2.04 bits per heavy atom. The van der Waals surface area contributed by atoms with Gasteiger partial charge in [0.1, 0.15) is 5.82 Å². The summed E-state index contributed by atoms with van der Waals surface area (Å²) in [5, 5.41) is 4.81. The summed E-state index contributed by atoms with van der Waals surface area (Å²) in [4.78, 5) is 18.4. The molecular formula is C19H24FN3OS. The van der Waals surface area contributed by atoms with Crippen molar-refractivity contribution in [3.63, 3.8) is 0 Å². The van der Waals surface area contributed by atoms with Gasteiger partial charge in [-0.15, -0.1) is 11.3 Å². The van der Waals surface area contributed by atoms with Crippen LogP contribution in [0.1, 0.15) is 17.4 Å². The number of piperazine rings is 1. The van der Waals surface area contributed by atoms with E-state index < -0.39 is 0 Å². The molecule has 0 aliphatic carbocycles.